The molecular weight excluding hydrogens is 264 g/mol. The van der Waals surface area contributed by atoms with Crippen molar-refractivity contribution in [2.45, 2.75) is 57.9 Å². The van der Waals surface area contributed by atoms with Crippen LogP contribution in [0, 0.1) is 11.8 Å². The molecule has 1 atom stereocenters. The third-order valence-electron chi connectivity index (χ3n) is 5.00. The van der Waals surface area contributed by atoms with Crippen LogP contribution in [0.5, 0.6) is 0 Å². The van der Waals surface area contributed by atoms with Gasteiger partial charge in [0, 0.05) is 25.6 Å². The molecule has 1 saturated carbocycles. The van der Waals surface area contributed by atoms with Crippen LogP contribution in [0.2, 0.25) is 0 Å². The summed E-state index contributed by atoms with van der Waals surface area (Å²) in [6, 6.07) is 0.114. The number of ether oxygens (including phenoxy) is 1. The van der Waals surface area contributed by atoms with Crippen LogP contribution in [0.1, 0.15) is 51.9 Å². The van der Waals surface area contributed by atoms with E-state index < -0.39 is 0 Å². The van der Waals surface area contributed by atoms with Gasteiger partial charge in [-0.3, -0.25) is 4.79 Å². The highest BCUT2D eigenvalue weighted by molar-refractivity contribution is 5.79. The van der Waals surface area contributed by atoms with E-state index in [0.29, 0.717) is 6.61 Å². The summed E-state index contributed by atoms with van der Waals surface area (Å²) in [6.07, 6.45) is 9.11. The third kappa shape index (κ3) is 5.59. The standard InChI is InChI=1S/C17H32N2O2/c1-14(13-21-2)18-17(20)16-8-10-19(11-9-16)12-15-6-4-3-5-7-15/h14-16H,3-13H2,1-2H3,(H,18,20). The number of carbonyl (C=O) groups excluding carboxylic acids is 1. The van der Waals surface area contributed by atoms with Crippen molar-refractivity contribution < 1.29 is 9.53 Å². The molecule has 1 amide bonds. The fourth-order valence-corrected chi connectivity index (χ4v) is 3.76. The number of hydrogen-bond donors (Lipinski definition) is 1. The third-order valence-corrected chi connectivity index (χ3v) is 5.00. The topological polar surface area (TPSA) is 41.6 Å². The summed E-state index contributed by atoms with van der Waals surface area (Å²) < 4.78 is 5.07. The zero-order valence-corrected chi connectivity index (χ0v) is 13.8. The lowest BCUT2D eigenvalue weighted by atomic mass is 9.88. The van der Waals surface area contributed by atoms with Gasteiger partial charge in [0.05, 0.1) is 6.61 Å². The predicted molar refractivity (Wildman–Crippen MR) is 85.2 cm³/mol. The summed E-state index contributed by atoms with van der Waals surface area (Å²) in [6.45, 7) is 6.03. The van der Waals surface area contributed by atoms with E-state index >= 15 is 0 Å². The maximum Gasteiger partial charge on any atom is 0.223 e. The monoisotopic (exact) mass is 296 g/mol. The van der Waals surface area contributed by atoms with Gasteiger partial charge in [-0.2, -0.15) is 0 Å². The van der Waals surface area contributed by atoms with E-state index in [9.17, 15) is 4.79 Å². The van der Waals surface area contributed by atoms with Gasteiger partial charge >= 0.3 is 0 Å². The lowest BCUT2D eigenvalue weighted by molar-refractivity contribution is -0.127. The Labute approximate surface area is 129 Å². The van der Waals surface area contributed by atoms with Crippen molar-refractivity contribution in [3.05, 3.63) is 0 Å². The number of rotatable bonds is 6. The van der Waals surface area contributed by atoms with Crippen molar-refractivity contribution >= 4 is 5.91 Å². The Balaban J connectivity index is 1.66. The van der Waals surface area contributed by atoms with E-state index in [-0.39, 0.29) is 17.9 Å². The van der Waals surface area contributed by atoms with Crippen LogP contribution in [0.4, 0.5) is 0 Å². The number of hydrogen-bond acceptors (Lipinski definition) is 3. The molecule has 0 bridgehead atoms. The van der Waals surface area contributed by atoms with Crippen LogP contribution in [0.25, 0.3) is 0 Å². The fourth-order valence-electron chi connectivity index (χ4n) is 3.76. The van der Waals surface area contributed by atoms with Crippen molar-refractivity contribution in [3.63, 3.8) is 0 Å². The highest BCUT2D eigenvalue weighted by Crippen LogP contribution is 2.26. The second-order valence-electron chi connectivity index (χ2n) is 6.94. The van der Waals surface area contributed by atoms with E-state index in [2.05, 4.69) is 10.2 Å². The fraction of sp³-hybridized carbons (Fsp3) is 0.941. The summed E-state index contributed by atoms with van der Waals surface area (Å²) in [5.74, 6) is 1.33. The lowest BCUT2D eigenvalue weighted by Gasteiger charge is -2.35. The van der Waals surface area contributed by atoms with Crippen molar-refractivity contribution in [2.24, 2.45) is 11.8 Å². The number of nitrogens with zero attached hydrogens (tertiary/aromatic N) is 1. The first-order valence-electron chi connectivity index (χ1n) is 8.70. The zero-order chi connectivity index (χ0) is 15.1. The van der Waals surface area contributed by atoms with Gasteiger partial charge in [-0.15, -0.1) is 0 Å². The molecule has 2 aliphatic rings. The average Bonchev–Trinajstić information content (AvgIpc) is 2.49. The molecule has 2 rings (SSSR count). The molecule has 2 fully saturated rings. The number of carbonyl (C=O) groups is 1. The molecule has 21 heavy (non-hydrogen) atoms. The van der Waals surface area contributed by atoms with Crippen molar-refractivity contribution in [2.75, 3.05) is 33.4 Å². The predicted octanol–water partition coefficient (Wildman–Crippen LogP) is 2.43. The number of nitrogens with one attached hydrogen (secondary N) is 1. The summed E-state index contributed by atoms with van der Waals surface area (Å²) in [5.41, 5.74) is 0. The molecule has 1 unspecified atom stereocenters. The largest absolute Gasteiger partial charge is 0.383 e. The molecule has 0 spiro atoms. The summed E-state index contributed by atoms with van der Waals surface area (Å²) in [5, 5.41) is 3.06. The van der Waals surface area contributed by atoms with Gasteiger partial charge in [0.25, 0.3) is 0 Å². The summed E-state index contributed by atoms with van der Waals surface area (Å²) in [7, 11) is 1.67. The first kappa shape index (κ1) is 16.8. The van der Waals surface area contributed by atoms with Gasteiger partial charge in [-0.25, -0.2) is 0 Å². The molecule has 1 aliphatic carbocycles. The molecule has 122 valence electrons. The molecule has 0 aromatic rings. The minimum Gasteiger partial charge on any atom is -0.383 e. The van der Waals surface area contributed by atoms with Gasteiger partial charge in [0.15, 0.2) is 0 Å². The highest BCUT2D eigenvalue weighted by Gasteiger charge is 2.27. The first-order valence-corrected chi connectivity index (χ1v) is 8.70. The van der Waals surface area contributed by atoms with Crippen molar-refractivity contribution in [3.8, 4) is 0 Å². The SMILES string of the molecule is COCC(C)NC(=O)C1CCN(CC2CCCCC2)CC1. The van der Waals surface area contributed by atoms with Crippen molar-refractivity contribution in [1.82, 2.24) is 10.2 Å². The van der Waals surface area contributed by atoms with Gasteiger partial charge < -0.3 is 15.0 Å². The van der Waals surface area contributed by atoms with Gasteiger partial charge in [0.1, 0.15) is 0 Å². The smallest absolute Gasteiger partial charge is 0.223 e. The molecule has 4 nitrogen and oxygen atoms in total. The van der Waals surface area contributed by atoms with Gasteiger partial charge in [-0.1, -0.05) is 19.3 Å². The Bertz CT molecular complexity index is 308. The van der Waals surface area contributed by atoms with Crippen molar-refractivity contribution in [1.29, 1.82) is 0 Å². The molecule has 1 aliphatic heterocycles. The van der Waals surface area contributed by atoms with Crippen LogP contribution < -0.4 is 5.32 Å². The van der Waals surface area contributed by atoms with E-state index in [1.54, 1.807) is 7.11 Å². The molecule has 1 heterocycles. The lowest BCUT2D eigenvalue weighted by Crippen LogP contribution is -2.45. The number of piperidine rings is 1. The minimum atomic E-state index is 0.114. The number of likely N-dealkylation sites (tertiary alicyclic amines) is 1. The molecule has 1 N–H and O–H groups in total. The quantitative estimate of drug-likeness (QED) is 0.818. The van der Waals surface area contributed by atoms with E-state index in [1.165, 1.54) is 38.6 Å². The molecule has 0 radical (unpaired) electrons. The van der Waals surface area contributed by atoms with E-state index in [4.69, 9.17) is 4.74 Å². The second-order valence-corrected chi connectivity index (χ2v) is 6.94. The number of amides is 1. The summed E-state index contributed by atoms with van der Waals surface area (Å²) in [4.78, 5) is 14.8. The van der Waals surface area contributed by atoms with Gasteiger partial charge in [0.2, 0.25) is 5.91 Å². The van der Waals surface area contributed by atoms with Crippen LogP contribution in [0.3, 0.4) is 0 Å². The second kappa shape index (κ2) is 8.74. The minimum absolute atomic E-state index is 0.114. The van der Waals surface area contributed by atoms with E-state index in [0.717, 1.165) is 31.8 Å². The van der Waals surface area contributed by atoms with Gasteiger partial charge in [-0.05, 0) is 51.6 Å². The normalized spacial score (nSPS) is 23.9. The Morgan fingerprint density at radius 1 is 1.19 bits per heavy atom. The highest BCUT2D eigenvalue weighted by atomic mass is 16.5. The van der Waals surface area contributed by atoms with Crippen LogP contribution in [-0.4, -0.2) is 50.2 Å². The Morgan fingerprint density at radius 2 is 1.86 bits per heavy atom. The van der Waals surface area contributed by atoms with Crippen LogP contribution in [0.15, 0.2) is 0 Å². The first-order chi connectivity index (χ1) is 10.2. The zero-order valence-electron chi connectivity index (χ0n) is 13.8. The average molecular weight is 296 g/mol. The van der Waals surface area contributed by atoms with Crippen LogP contribution >= 0.6 is 0 Å². The molecule has 1 saturated heterocycles. The Morgan fingerprint density at radius 3 is 2.48 bits per heavy atom. The van der Waals surface area contributed by atoms with E-state index in [1.807, 2.05) is 6.92 Å². The number of methoxy groups -OCH3 is 1. The molecule has 0 aromatic heterocycles. The molecule has 0 aromatic carbocycles. The Hall–Kier alpha value is -0.610. The maximum atomic E-state index is 12.2. The Kier molecular flexibility index (Phi) is 6.97. The molecule has 4 heteroatoms. The maximum absolute atomic E-state index is 12.2. The summed E-state index contributed by atoms with van der Waals surface area (Å²) >= 11 is 0. The molecular formula is C17H32N2O2. The van der Waals surface area contributed by atoms with Crippen LogP contribution in [-0.2, 0) is 9.53 Å².